The van der Waals surface area contributed by atoms with Gasteiger partial charge in [0.1, 0.15) is 5.82 Å². The molecule has 1 aliphatic heterocycles. The van der Waals surface area contributed by atoms with Crippen molar-refractivity contribution in [3.8, 4) is 11.3 Å². The largest absolute Gasteiger partial charge is 0.378 e. The van der Waals surface area contributed by atoms with Gasteiger partial charge in [-0.3, -0.25) is 10.1 Å². The van der Waals surface area contributed by atoms with Crippen molar-refractivity contribution in [2.45, 2.75) is 16.7 Å². The van der Waals surface area contributed by atoms with Gasteiger partial charge in [-0.2, -0.15) is 0 Å². The molecule has 1 saturated heterocycles. The first-order chi connectivity index (χ1) is 14.9. The Balaban J connectivity index is 1.79. The van der Waals surface area contributed by atoms with E-state index in [2.05, 4.69) is 20.3 Å². The van der Waals surface area contributed by atoms with E-state index in [9.17, 15) is 13.2 Å². The van der Waals surface area contributed by atoms with Gasteiger partial charge in [0.25, 0.3) is 0 Å². The van der Waals surface area contributed by atoms with Gasteiger partial charge in [-0.05, 0) is 24.3 Å². The number of sulfone groups is 1. The maximum absolute atomic E-state index is 13.3. The van der Waals surface area contributed by atoms with E-state index in [0.29, 0.717) is 43.4 Å². The number of nitrogens with one attached hydrogen (secondary N) is 1. The molecule has 0 unspecified atom stereocenters. The Bertz CT molecular complexity index is 1180. The van der Waals surface area contributed by atoms with E-state index in [1.165, 1.54) is 25.4 Å². The fourth-order valence-electron chi connectivity index (χ4n) is 3.17. The highest BCUT2D eigenvalue weighted by Crippen LogP contribution is 2.29. The summed E-state index contributed by atoms with van der Waals surface area (Å²) < 4.78 is 32.0. The first kappa shape index (κ1) is 20.9. The van der Waals surface area contributed by atoms with Crippen molar-refractivity contribution in [3.63, 3.8) is 0 Å². The minimum Gasteiger partial charge on any atom is -0.378 e. The Morgan fingerprint density at radius 1 is 1.03 bits per heavy atom. The van der Waals surface area contributed by atoms with Gasteiger partial charge in [-0.25, -0.2) is 23.4 Å². The van der Waals surface area contributed by atoms with E-state index >= 15 is 0 Å². The Morgan fingerprint density at radius 2 is 1.71 bits per heavy atom. The number of rotatable bonds is 5. The summed E-state index contributed by atoms with van der Waals surface area (Å²) in [4.78, 5) is 26.4. The van der Waals surface area contributed by atoms with E-state index in [4.69, 9.17) is 4.74 Å². The molecule has 3 heterocycles. The molecular weight excluding hydrogens is 418 g/mol. The molecule has 31 heavy (non-hydrogen) atoms. The van der Waals surface area contributed by atoms with Crippen LogP contribution in [0.3, 0.4) is 0 Å². The van der Waals surface area contributed by atoms with Gasteiger partial charge >= 0.3 is 0 Å². The fraction of sp³-hybridized carbons (Fsp3) is 0.238. The van der Waals surface area contributed by atoms with Gasteiger partial charge in [-0.15, -0.1) is 0 Å². The summed E-state index contributed by atoms with van der Waals surface area (Å²) in [6, 6.07) is 11.4. The van der Waals surface area contributed by atoms with Crippen LogP contribution in [-0.2, 0) is 19.4 Å². The first-order valence-electron chi connectivity index (χ1n) is 9.68. The average molecular weight is 439 g/mol. The van der Waals surface area contributed by atoms with Crippen LogP contribution in [0.25, 0.3) is 11.3 Å². The Hall–Kier alpha value is -3.37. The first-order valence-corrected chi connectivity index (χ1v) is 11.2. The Kier molecular flexibility index (Phi) is 5.92. The van der Waals surface area contributed by atoms with Crippen LogP contribution < -0.4 is 10.2 Å². The highest BCUT2D eigenvalue weighted by atomic mass is 32.2. The topological polar surface area (TPSA) is 114 Å². The minimum absolute atomic E-state index is 0.135. The van der Waals surface area contributed by atoms with Crippen molar-refractivity contribution in [2.24, 2.45) is 0 Å². The summed E-state index contributed by atoms with van der Waals surface area (Å²) >= 11 is 0. The summed E-state index contributed by atoms with van der Waals surface area (Å²) in [6.07, 6.45) is 3.01. The SMILES string of the molecule is CC(=O)Nc1ncc(-c2cc(S(=O)(=O)c3ccccc3)cc(N3CCOCC3)n2)cn1. The lowest BCUT2D eigenvalue weighted by atomic mass is 10.2. The zero-order valence-electron chi connectivity index (χ0n) is 16.9. The number of benzene rings is 1. The maximum atomic E-state index is 13.3. The van der Waals surface area contributed by atoms with Crippen molar-refractivity contribution in [2.75, 3.05) is 36.5 Å². The van der Waals surface area contributed by atoms with Crippen LogP contribution in [0.2, 0.25) is 0 Å². The molecular formula is C21H21N5O4S. The molecule has 0 saturated carbocycles. The molecule has 0 radical (unpaired) electrons. The maximum Gasteiger partial charge on any atom is 0.229 e. The third-order valence-corrected chi connectivity index (χ3v) is 6.47. The van der Waals surface area contributed by atoms with Gasteiger partial charge in [0.15, 0.2) is 0 Å². The molecule has 10 heteroatoms. The summed E-state index contributed by atoms with van der Waals surface area (Å²) in [5, 5.41) is 2.50. The summed E-state index contributed by atoms with van der Waals surface area (Å²) in [7, 11) is -3.75. The average Bonchev–Trinajstić information content (AvgIpc) is 2.80. The number of aromatic nitrogens is 3. The Morgan fingerprint density at radius 3 is 2.35 bits per heavy atom. The number of nitrogens with zero attached hydrogens (tertiary/aromatic N) is 4. The lowest BCUT2D eigenvalue weighted by Gasteiger charge is -2.28. The van der Waals surface area contributed by atoms with Crippen molar-refractivity contribution < 1.29 is 17.9 Å². The Labute approximate surface area is 180 Å². The summed E-state index contributed by atoms with van der Waals surface area (Å²) in [6.45, 7) is 3.67. The van der Waals surface area contributed by atoms with Crippen molar-refractivity contribution in [1.82, 2.24) is 15.0 Å². The number of carbonyl (C=O) groups is 1. The van der Waals surface area contributed by atoms with Crippen LogP contribution >= 0.6 is 0 Å². The normalized spacial score (nSPS) is 14.3. The number of ether oxygens (including phenoxy) is 1. The van der Waals surface area contributed by atoms with Gasteiger partial charge in [0, 0.05) is 38.0 Å². The van der Waals surface area contributed by atoms with Crippen LogP contribution in [-0.4, -0.2) is 55.6 Å². The summed E-state index contributed by atoms with van der Waals surface area (Å²) in [5.41, 5.74) is 0.960. The molecule has 0 bridgehead atoms. The number of hydrogen-bond donors (Lipinski definition) is 1. The van der Waals surface area contributed by atoms with Gasteiger partial charge < -0.3 is 9.64 Å². The second-order valence-electron chi connectivity index (χ2n) is 6.94. The molecule has 9 nitrogen and oxygen atoms in total. The van der Waals surface area contributed by atoms with Gasteiger partial charge in [0.2, 0.25) is 21.7 Å². The number of morpholine rings is 1. The van der Waals surface area contributed by atoms with Crippen LogP contribution in [0, 0.1) is 0 Å². The number of pyridine rings is 1. The smallest absolute Gasteiger partial charge is 0.229 e. The fourth-order valence-corrected chi connectivity index (χ4v) is 4.48. The van der Waals surface area contributed by atoms with Gasteiger partial charge in [-0.1, -0.05) is 18.2 Å². The molecule has 1 aromatic carbocycles. The van der Waals surface area contributed by atoms with Crippen molar-refractivity contribution in [3.05, 3.63) is 54.9 Å². The van der Waals surface area contributed by atoms with Crippen LogP contribution in [0.1, 0.15) is 6.92 Å². The molecule has 3 aromatic rings. The highest BCUT2D eigenvalue weighted by molar-refractivity contribution is 7.91. The van der Waals surface area contributed by atoms with E-state index in [1.54, 1.807) is 36.4 Å². The molecule has 0 atom stereocenters. The molecule has 1 amide bonds. The molecule has 2 aromatic heterocycles. The molecule has 1 aliphatic rings. The monoisotopic (exact) mass is 439 g/mol. The lowest BCUT2D eigenvalue weighted by molar-refractivity contribution is -0.114. The number of anilines is 2. The van der Waals surface area contributed by atoms with Crippen LogP contribution in [0.5, 0.6) is 0 Å². The number of hydrogen-bond acceptors (Lipinski definition) is 8. The van der Waals surface area contributed by atoms with Crippen molar-refractivity contribution >= 4 is 27.5 Å². The third kappa shape index (κ3) is 4.70. The van der Waals surface area contributed by atoms with Crippen LogP contribution in [0.15, 0.2) is 64.6 Å². The number of amides is 1. The molecule has 0 spiro atoms. The van der Waals surface area contributed by atoms with E-state index in [1.807, 2.05) is 4.90 Å². The molecule has 0 aliphatic carbocycles. The standard InChI is InChI=1S/C21H21N5O4S/c1-15(27)24-21-22-13-16(14-23-21)19-11-18(31(28,29)17-5-3-2-4-6-17)12-20(25-19)26-7-9-30-10-8-26/h2-6,11-14H,7-10H2,1H3,(H,22,23,24,27). The molecule has 1 N–H and O–H groups in total. The molecule has 4 rings (SSSR count). The highest BCUT2D eigenvalue weighted by Gasteiger charge is 2.22. The predicted molar refractivity (Wildman–Crippen MR) is 114 cm³/mol. The number of carbonyl (C=O) groups excluding carboxylic acids is 1. The summed E-state index contributed by atoms with van der Waals surface area (Å²) in [5.74, 6) is 0.426. The quantitative estimate of drug-likeness (QED) is 0.643. The van der Waals surface area contributed by atoms with Crippen molar-refractivity contribution in [1.29, 1.82) is 0 Å². The van der Waals surface area contributed by atoms with Crippen LogP contribution in [0.4, 0.5) is 11.8 Å². The predicted octanol–water partition coefficient (Wildman–Crippen LogP) is 2.17. The van der Waals surface area contributed by atoms with E-state index in [0.717, 1.165) is 0 Å². The zero-order chi connectivity index (χ0) is 21.8. The molecule has 160 valence electrons. The second kappa shape index (κ2) is 8.78. The minimum atomic E-state index is -3.75. The zero-order valence-corrected chi connectivity index (χ0v) is 17.7. The second-order valence-corrected chi connectivity index (χ2v) is 8.89. The lowest BCUT2D eigenvalue weighted by Crippen LogP contribution is -2.36. The third-order valence-electron chi connectivity index (χ3n) is 4.72. The van der Waals surface area contributed by atoms with E-state index in [-0.39, 0.29) is 21.6 Å². The van der Waals surface area contributed by atoms with E-state index < -0.39 is 9.84 Å². The molecule has 1 fully saturated rings. The van der Waals surface area contributed by atoms with Gasteiger partial charge in [0.05, 0.1) is 28.7 Å².